The normalized spacial score (nSPS) is 17.9. The van der Waals surface area contributed by atoms with Gasteiger partial charge in [-0.2, -0.15) is 0 Å². The number of pyridine rings is 2. The lowest BCUT2D eigenvalue weighted by Gasteiger charge is -2.18. The van der Waals surface area contributed by atoms with Crippen LogP contribution in [-0.2, 0) is 4.74 Å². The standard InChI is InChI=1S/C26H25ClF2N6O3S.2C2H6/c1-30-14-20(38-2)16(8-9-21(28)29)17-12-22(35-11-3-4-19(27)25(35)37)31-13-18(17)24(36)32-26-34-33-23(39-26)10-7-15-5-6-15;2*1-2/h3-4,8,11-15,21,23,26,33-34H,1,5-6,9H2,2H3,(H,32,36);2*1-2H3/b16-8-,20-14+;;. The molecule has 1 saturated heterocycles. The Morgan fingerprint density at radius 2 is 2.02 bits per heavy atom. The van der Waals surface area contributed by atoms with Crippen molar-refractivity contribution in [2.45, 2.75) is 64.3 Å². The number of nitrogens with zero attached hydrogens (tertiary/aromatic N) is 3. The number of hydrogen-bond acceptors (Lipinski definition) is 8. The summed E-state index contributed by atoms with van der Waals surface area (Å²) in [7, 11) is 1.34. The molecule has 2 aromatic heterocycles. The first-order chi connectivity index (χ1) is 20.8. The predicted octanol–water partition coefficient (Wildman–Crippen LogP) is 5.76. The number of alkyl halides is 2. The maximum absolute atomic E-state index is 13.5. The number of hydrogen-bond donors (Lipinski definition) is 3. The Morgan fingerprint density at radius 1 is 1.30 bits per heavy atom. The van der Waals surface area contributed by atoms with E-state index in [2.05, 4.69) is 44.7 Å². The highest BCUT2D eigenvalue weighted by Gasteiger charge is 2.28. The number of halogens is 3. The SMILES string of the molecule is C=N/C=C(OC)\C(=C/CC(F)F)c1cc(-n2cccc(Cl)c2=O)ncc1C(=O)NC1NNC(C#CC2CC2)S1.CC.CC. The number of amides is 1. The van der Waals surface area contributed by atoms with Gasteiger partial charge in [0.05, 0.1) is 18.9 Å². The Hall–Kier alpha value is -3.50. The summed E-state index contributed by atoms with van der Waals surface area (Å²) in [5, 5.41) is 2.58. The molecule has 0 aromatic carbocycles. The number of carbonyl (C=O) groups excluding carboxylic acids is 1. The summed E-state index contributed by atoms with van der Waals surface area (Å²) in [5.74, 6) is 6.39. The number of aromatic nitrogens is 2. The molecule has 2 aromatic rings. The van der Waals surface area contributed by atoms with Gasteiger partial charge in [0, 0.05) is 35.9 Å². The molecule has 2 aliphatic rings. The molecule has 0 bridgehead atoms. The van der Waals surface area contributed by atoms with E-state index in [9.17, 15) is 18.4 Å². The number of hydrazine groups is 1. The van der Waals surface area contributed by atoms with Gasteiger partial charge in [-0.15, -0.1) is 0 Å². The molecular weight excluding hydrogens is 598 g/mol. The van der Waals surface area contributed by atoms with Gasteiger partial charge in [0.25, 0.3) is 11.5 Å². The van der Waals surface area contributed by atoms with E-state index in [0.717, 1.165) is 12.8 Å². The van der Waals surface area contributed by atoms with E-state index in [-0.39, 0.29) is 38.7 Å². The average molecular weight is 635 g/mol. The summed E-state index contributed by atoms with van der Waals surface area (Å²) in [6, 6.07) is 4.42. The number of nitrogens with one attached hydrogen (secondary N) is 3. The van der Waals surface area contributed by atoms with Crippen molar-refractivity contribution in [2.24, 2.45) is 10.9 Å². The topological polar surface area (TPSA) is 110 Å². The zero-order chi connectivity index (χ0) is 31.9. The van der Waals surface area contributed by atoms with E-state index in [1.807, 2.05) is 27.7 Å². The van der Waals surface area contributed by atoms with Crippen molar-refractivity contribution < 1.29 is 18.3 Å². The Labute approximate surface area is 260 Å². The lowest BCUT2D eigenvalue weighted by atomic mass is 9.98. The Morgan fingerprint density at radius 3 is 2.65 bits per heavy atom. The van der Waals surface area contributed by atoms with Gasteiger partial charge in [0.15, 0.2) is 0 Å². The maximum Gasteiger partial charge on any atom is 0.275 e. The van der Waals surface area contributed by atoms with Crippen LogP contribution in [0.1, 0.15) is 62.9 Å². The van der Waals surface area contributed by atoms with Crippen molar-refractivity contribution in [3.63, 3.8) is 0 Å². The third-order valence-electron chi connectivity index (χ3n) is 5.64. The zero-order valence-corrected chi connectivity index (χ0v) is 26.4. The van der Waals surface area contributed by atoms with E-state index in [4.69, 9.17) is 16.3 Å². The molecule has 1 aliphatic carbocycles. The lowest BCUT2D eigenvalue weighted by molar-refractivity contribution is 0.0944. The number of carbonyl (C=O) groups is 1. The lowest BCUT2D eigenvalue weighted by Crippen LogP contribution is -2.43. The van der Waals surface area contributed by atoms with Crippen LogP contribution in [0.4, 0.5) is 8.78 Å². The molecule has 13 heteroatoms. The Kier molecular flexibility index (Phi) is 15.1. The van der Waals surface area contributed by atoms with Gasteiger partial charge in [-0.1, -0.05) is 69.0 Å². The van der Waals surface area contributed by atoms with E-state index in [1.54, 1.807) is 6.07 Å². The molecule has 232 valence electrons. The number of methoxy groups -OCH3 is 1. The first kappa shape index (κ1) is 35.7. The van der Waals surface area contributed by atoms with E-state index < -0.39 is 29.8 Å². The third-order valence-corrected chi connectivity index (χ3v) is 6.95. The van der Waals surface area contributed by atoms with Crippen LogP contribution in [0.5, 0.6) is 0 Å². The number of rotatable bonds is 9. The summed E-state index contributed by atoms with van der Waals surface area (Å²) in [6.45, 7) is 11.4. The summed E-state index contributed by atoms with van der Waals surface area (Å²) in [6.07, 6.45) is 4.10. The molecule has 1 aliphatic heterocycles. The first-order valence-corrected chi connectivity index (χ1v) is 15.2. The molecule has 2 atom stereocenters. The van der Waals surface area contributed by atoms with E-state index in [0.29, 0.717) is 5.92 Å². The summed E-state index contributed by atoms with van der Waals surface area (Å²) >= 11 is 7.38. The van der Waals surface area contributed by atoms with Gasteiger partial charge in [-0.05, 0) is 37.8 Å². The van der Waals surface area contributed by atoms with Gasteiger partial charge >= 0.3 is 0 Å². The second-order valence-corrected chi connectivity index (χ2v) is 10.1. The second kappa shape index (κ2) is 18.2. The molecule has 2 fully saturated rings. The molecule has 2 unspecified atom stereocenters. The molecule has 9 nitrogen and oxygen atoms in total. The molecule has 1 amide bonds. The third kappa shape index (κ3) is 10.3. The van der Waals surface area contributed by atoms with Gasteiger partial charge in [-0.25, -0.2) is 24.6 Å². The molecule has 43 heavy (non-hydrogen) atoms. The fourth-order valence-electron chi connectivity index (χ4n) is 3.61. The fraction of sp³-hybridized carbons (Fsp3) is 0.400. The van der Waals surface area contributed by atoms with E-state index >= 15 is 0 Å². The molecule has 3 heterocycles. The van der Waals surface area contributed by atoms with Crippen molar-refractivity contribution >= 4 is 41.6 Å². The molecular formula is C30H37ClF2N6O3S. The first-order valence-electron chi connectivity index (χ1n) is 13.9. The van der Waals surface area contributed by atoms with Crippen molar-refractivity contribution in [3.8, 4) is 17.7 Å². The summed E-state index contributed by atoms with van der Waals surface area (Å²) in [5.41, 5.74) is 5.30. The van der Waals surface area contributed by atoms with Crippen LogP contribution in [0.15, 0.2) is 58.4 Å². The largest absolute Gasteiger partial charge is 0.495 e. The van der Waals surface area contributed by atoms with Gasteiger partial charge in [0.2, 0.25) is 6.43 Å². The number of ether oxygens (including phenoxy) is 1. The van der Waals surface area contributed by atoms with Gasteiger partial charge in [-0.3, -0.25) is 19.1 Å². The average Bonchev–Trinajstić information content (AvgIpc) is 3.75. The van der Waals surface area contributed by atoms with Crippen LogP contribution in [0.25, 0.3) is 11.4 Å². The van der Waals surface area contributed by atoms with Crippen LogP contribution < -0.4 is 21.7 Å². The highest BCUT2D eigenvalue weighted by atomic mass is 35.5. The minimum Gasteiger partial charge on any atom is -0.495 e. The van der Waals surface area contributed by atoms with Crippen LogP contribution in [0, 0.1) is 17.8 Å². The molecule has 0 radical (unpaired) electrons. The molecule has 4 rings (SSSR count). The second-order valence-electron chi connectivity index (χ2n) is 8.47. The Bertz CT molecular complexity index is 1430. The van der Waals surface area contributed by atoms with Gasteiger partial charge < -0.3 is 10.1 Å². The maximum atomic E-state index is 13.5. The van der Waals surface area contributed by atoms with Crippen LogP contribution in [0.3, 0.4) is 0 Å². The fourth-order valence-corrected chi connectivity index (χ4v) is 4.63. The minimum absolute atomic E-state index is 0.0411. The predicted molar refractivity (Wildman–Crippen MR) is 170 cm³/mol. The summed E-state index contributed by atoms with van der Waals surface area (Å²) in [4.78, 5) is 34.1. The van der Waals surface area contributed by atoms with Crippen molar-refractivity contribution in [1.29, 1.82) is 0 Å². The van der Waals surface area contributed by atoms with Crippen molar-refractivity contribution in [1.82, 2.24) is 25.7 Å². The minimum atomic E-state index is -2.66. The Balaban J connectivity index is 0.00000155. The summed E-state index contributed by atoms with van der Waals surface area (Å²) < 4.78 is 33.1. The van der Waals surface area contributed by atoms with Crippen LogP contribution in [0.2, 0.25) is 5.02 Å². The van der Waals surface area contributed by atoms with E-state index in [1.165, 1.54) is 60.2 Å². The quantitative estimate of drug-likeness (QED) is 0.139. The molecule has 1 saturated carbocycles. The van der Waals surface area contributed by atoms with Crippen LogP contribution >= 0.6 is 23.4 Å². The number of thioether (sulfide) groups is 1. The number of allylic oxidation sites excluding steroid dienone is 2. The number of aliphatic imine (C=N–C) groups is 1. The smallest absolute Gasteiger partial charge is 0.275 e. The zero-order valence-electron chi connectivity index (χ0n) is 24.8. The molecule has 3 N–H and O–H groups in total. The van der Waals surface area contributed by atoms with Crippen LogP contribution in [-0.4, -0.2) is 46.6 Å². The monoisotopic (exact) mass is 634 g/mol. The van der Waals surface area contributed by atoms with Gasteiger partial charge in [0.1, 0.15) is 27.5 Å². The highest BCUT2D eigenvalue weighted by molar-refractivity contribution is 8.00. The van der Waals surface area contributed by atoms with Crippen molar-refractivity contribution in [2.75, 3.05) is 7.11 Å². The van der Waals surface area contributed by atoms with Crippen molar-refractivity contribution in [3.05, 3.63) is 75.1 Å². The molecule has 0 spiro atoms. The highest BCUT2D eigenvalue weighted by Crippen LogP contribution is 2.30.